The first-order valence-electron chi connectivity index (χ1n) is 4.89. The molecule has 74 valence electrons. The van der Waals surface area contributed by atoms with Gasteiger partial charge in [-0.2, -0.15) is 0 Å². The third-order valence-electron chi connectivity index (χ3n) is 2.17. The SMILES string of the molecule is CCOC(=O)C1=CN(CC)CCC1. The van der Waals surface area contributed by atoms with E-state index in [1.807, 2.05) is 13.1 Å². The highest BCUT2D eigenvalue weighted by Crippen LogP contribution is 2.15. The topological polar surface area (TPSA) is 29.5 Å². The Bertz CT molecular complexity index is 211. The van der Waals surface area contributed by atoms with Gasteiger partial charge in [0.25, 0.3) is 0 Å². The van der Waals surface area contributed by atoms with Crippen molar-refractivity contribution in [3.8, 4) is 0 Å². The van der Waals surface area contributed by atoms with Crippen LogP contribution in [0.25, 0.3) is 0 Å². The van der Waals surface area contributed by atoms with Gasteiger partial charge in [0.1, 0.15) is 0 Å². The van der Waals surface area contributed by atoms with Crippen molar-refractivity contribution >= 4 is 5.97 Å². The van der Waals surface area contributed by atoms with Gasteiger partial charge in [0.05, 0.1) is 12.2 Å². The van der Waals surface area contributed by atoms with E-state index in [1.54, 1.807) is 0 Å². The Morgan fingerprint density at radius 3 is 3.00 bits per heavy atom. The van der Waals surface area contributed by atoms with E-state index in [2.05, 4.69) is 11.8 Å². The maximum atomic E-state index is 11.3. The average Bonchev–Trinajstić information content (AvgIpc) is 2.18. The number of esters is 1. The predicted octanol–water partition coefficient (Wildman–Crippen LogP) is 1.55. The summed E-state index contributed by atoms with van der Waals surface area (Å²) >= 11 is 0. The first-order chi connectivity index (χ1) is 6.27. The number of ether oxygens (including phenoxy) is 1. The summed E-state index contributed by atoms with van der Waals surface area (Å²) in [6.07, 6.45) is 3.84. The lowest BCUT2D eigenvalue weighted by molar-refractivity contribution is -0.138. The molecule has 1 aliphatic rings. The van der Waals surface area contributed by atoms with Crippen molar-refractivity contribution < 1.29 is 9.53 Å². The summed E-state index contributed by atoms with van der Waals surface area (Å²) < 4.78 is 4.94. The Morgan fingerprint density at radius 1 is 1.62 bits per heavy atom. The lowest BCUT2D eigenvalue weighted by atomic mass is 10.1. The number of nitrogens with zero attached hydrogens (tertiary/aromatic N) is 1. The van der Waals surface area contributed by atoms with E-state index >= 15 is 0 Å². The van der Waals surface area contributed by atoms with Crippen LogP contribution in [0.2, 0.25) is 0 Å². The smallest absolute Gasteiger partial charge is 0.335 e. The average molecular weight is 183 g/mol. The van der Waals surface area contributed by atoms with E-state index in [4.69, 9.17) is 4.74 Å². The molecule has 3 nitrogen and oxygen atoms in total. The van der Waals surface area contributed by atoms with Crippen LogP contribution in [0.3, 0.4) is 0 Å². The molecule has 0 aromatic rings. The fourth-order valence-electron chi connectivity index (χ4n) is 1.45. The van der Waals surface area contributed by atoms with Gasteiger partial charge in [-0.15, -0.1) is 0 Å². The third kappa shape index (κ3) is 2.76. The van der Waals surface area contributed by atoms with E-state index in [0.717, 1.165) is 31.5 Å². The summed E-state index contributed by atoms with van der Waals surface area (Å²) in [6.45, 7) is 6.40. The summed E-state index contributed by atoms with van der Waals surface area (Å²) in [7, 11) is 0. The van der Waals surface area contributed by atoms with Crippen LogP contribution in [0.4, 0.5) is 0 Å². The molecule has 13 heavy (non-hydrogen) atoms. The maximum Gasteiger partial charge on any atom is 0.335 e. The number of carbonyl (C=O) groups excluding carboxylic acids is 1. The lowest BCUT2D eigenvalue weighted by Crippen LogP contribution is -2.25. The third-order valence-corrected chi connectivity index (χ3v) is 2.17. The molecule has 3 heteroatoms. The van der Waals surface area contributed by atoms with Crippen molar-refractivity contribution in [3.63, 3.8) is 0 Å². The van der Waals surface area contributed by atoms with Gasteiger partial charge in [-0.05, 0) is 26.7 Å². The van der Waals surface area contributed by atoms with Crippen LogP contribution in [0.1, 0.15) is 26.7 Å². The first kappa shape index (κ1) is 10.1. The minimum absolute atomic E-state index is 0.152. The van der Waals surface area contributed by atoms with E-state index in [-0.39, 0.29) is 5.97 Å². The molecule has 0 fully saturated rings. The van der Waals surface area contributed by atoms with Crippen molar-refractivity contribution in [1.29, 1.82) is 0 Å². The predicted molar refractivity (Wildman–Crippen MR) is 51.2 cm³/mol. The summed E-state index contributed by atoms with van der Waals surface area (Å²) in [5, 5.41) is 0. The molecule has 0 amide bonds. The molecule has 1 rings (SSSR count). The summed E-state index contributed by atoms with van der Waals surface area (Å²) in [4.78, 5) is 13.5. The van der Waals surface area contributed by atoms with E-state index in [0.29, 0.717) is 6.61 Å². The monoisotopic (exact) mass is 183 g/mol. The van der Waals surface area contributed by atoms with Crippen LogP contribution < -0.4 is 0 Å². The van der Waals surface area contributed by atoms with Gasteiger partial charge in [0.2, 0.25) is 0 Å². The van der Waals surface area contributed by atoms with Gasteiger partial charge >= 0.3 is 5.97 Å². The number of rotatable bonds is 3. The Labute approximate surface area is 79.4 Å². The van der Waals surface area contributed by atoms with Gasteiger partial charge in [0.15, 0.2) is 0 Å². The second-order valence-electron chi connectivity index (χ2n) is 3.11. The zero-order chi connectivity index (χ0) is 9.68. The molecule has 0 spiro atoms. The highest BCUT2D eigenvalue weighted by molar-refractivity contribution is 5.88. The van der Waals surface area contributed by atoms with Crippen LogP contribution in [-0.2, 0) is 9.53 Å². The second-order valence-corrected chi connectivity index (χ2v) is 3.11. The molecule has 0 saturated carbocycles. The summed E-state index contributed by atoms with van der Waals surface area (Å²) in [5.41, 5.74) is 0.815. The van der Waals surface area contributed by atoms with Gasteiger partial charge in [0, 0.05) is 19.3 Å². The molecule has 1 heterocycles. The molecule has 0 aliphatic carbocycles. The molecule has 0 N–H and O–H groups in total. The first-order valence-corrected chi connectivity index (χ1v) is 4.89. The zero-order valence-corrected chi connectivity index (χ0v) is 8.38. The van der Waals surface area contributed by atoms with Crippen molar-refractivity contribution in [2.45, 2.75) is 26.7 Å². The molecular weight excluding hydrogens is 166 g/mol. The zero-order valence-electron chi connectivity index (χ0n) is 8.38. The Morgan fingerprint density at radius 2 is 2.38 bits per heavy atom. The minimum atomic E-state index is -0.152. The fraction of sp³-hybridized carbons (Fsp3) is 0.700. The highest BCUT2D eigenvalue weighted by atomic mass is 16.5. The van der Waals surface area contributed by atoms with Gasteiger partial charge < -0.3 is 9.64 Å². The highest BCUT2D eigenvalue weighted by Gasteiger charge is 2.15. The standard InChI is InChI=1S/C10H17NO2/c1-3-11-7-5-6-9(8-11)10(12)13-4-2/h8H,3-7H2,1-2H3. The van der Waals surface area contributed by atoms with E-state index in [1.165, 1.54) is 0 Å². The fourth-order valence-corrected chi connectivity index (χ4v) is 1.45. The summed E-state index contributed by atoms with van der Waals surface area (Å²) in [5.74, 6) is -0.152. The molecule has 1 aliphatic heterocycles. The van der Waals surface area contributed by atoms with Gasteiger partial charge in [-0.1, -0.05) is 0 Å². The largest absolute Gasteiger partial charge is 0.463 e. The maximum absolute atomic E-state index is 11.3. The molecule has 0 atom stereocenters. The van der Waals surface area contributed by atoms with Crippen LogP contribution in [0.15, 0.2) is 11.8 Å². The normalized spacial score (nSPS) is 16.8. The molecule has 0 radical (unpaired) electrons. The van der Waals surface area contributed by atoms with Gasteiger partial charge in [-0.3, -0.25) is 0 Å². The van der Waals surface area contributed by atoms with Crippen molar-refractivity contribution in [2.24, 2.45) is 0 Å². The molecule has 0 bridgehead atoms. The van der Waals surface area contributed by atoms with Crippen molar-refractivity contribution in [3.05, 3.63) is 11.8 Å². The summed E-state index contributed by atoms with van der Waals surface area (Å²) in [6, 6.07) is 0. The Kier molecular flexibility index (Phi) is 3.80. The molecular formula is C10H17NO2. The van der Waals surface area contributed by atoms with Crippen LogP contribution in [0.5, 0.6) is 0 Å². The van der Waals surface area contributed by atoms with Crippen LogP contribution in [-0.4, -0.2) is 30.6 Å². The lowest BCUT2D eigenvalue weighted by Gasteiger charge is -2.24. The number of carbonyl (C=O) groups is 1. The van der Waals surface area contributed by atoms with Crippen molar-refractivity contribution in [1.82, 2.24) is 4.90 Å². The second kappa shape index (κ2) is 4.90. The van der Waals surface area contributed by atoms with E-state index < -0.39 is 0 Å². The van der Waals surface area contributed by atoms with Crippen LogP contribution in [0, 0.1) is 0 Å². The molecule has 0 saturated heterocycles. The van der Waals surface area contributed by atoms with Crippen molar-refractivity contribution in [2.75, 3.05) is 19.7 Å². The molecule has 0 aromatic carbocycles. The number of hydrogen-bond acceptors (Lipinski definition) is 3. The Balaban J connectivity index is 2.57. The quantitative estimate of drug-likeness (QED) is 0.622. The van der Waals surface area contributed by atoms with Crippen LogP contribution >= 0.6 is 0 Å². The van der Waals surface area contributed by atoms with Gasteiger partial charge in [-0.25, -0.2) is 4.79 Å². The Hall–Kier alpha value is -0.990. The molecule has 0 aromatic heterocycles. The minimum Gasteiger partial charge on any atom is -0.463 e. The molecule has 0 unspecified atom stereocenters. The number of hydrogen-bond donors (Lipinski definition) is 0. The van der Waals surface area contributed by atoms with E-state index in [9.17, 15) is 4.79 Å².